The summed E-state index contributed by atoms with van der Waals surface area (Å²) in [5.41, 5.74) is -3.59. The Balaban J connectivity index is 1.65. The second kappa shape index (κ2) is 8.55. The van der Waals surface area contributed by atoms with E-state index in [1.165, 1.54) is 0 Å². The van der Waals surface area contributed by atoms with Crippen molar-refractivity contribution < 1.29 is 37.6 Å². The van der Waals surface area contributed by atoms with Gasteiger partial charge in [0.1, 0.15) is 11.5 Å². The monoisotopic (exact) mass is 544 g/mol. The molecule has 0 N–H and O–H groups in total. The summed E-state index contributed by atoms with van der Waals surface area (Å²) < 4.78 is 221. The number of ether oxygens (including phenoxy) is 1. The van der Waals surface area contributed by atoms with Crippen molar-refractivity contribution in [2.45, 2.75) is 0 Å². The number of para-hydroxylation sites is 1. The Hall–Kier alpha value is -5.40. The lowest BCUT2D eigenvalue weighted by atomic mass is 9.83. The molecule has 8 aromatic rings. The van der Waals surface area contributed by atoms with Gasteiger partial charge in [0.15, 0.2) is 0 Å². The first-order valence-electron chi connectivity index (χ1n) is 24.2. The second-order valence-electron chi connectivity index (χ2n) is 9.01. The fraction of sp³-hybridized carbons (Fsp3) is 0. The van der Waals surface area contributed by atoms with Crippen molar-refractivity contribution in [3.05, 3.63) is 145 Å². The van der Waals surface area contributed by atoms with Gasteiger partial charge in [0.25, 0.3) is 0 Å². The first kappa shape index (κ1) is 9.33. The topological polar surface area (TPSA) is 9.23 Å². The molecule has 9 rings (SSSR count). The van der Waals surface area contributed by atoms with Gasteiger partial charge in [0, 0.05) is 10.9 Å². The number of rotatable bonds is 2. The van der Waals surface area contributed by atoms with Crippen LogP contribution in [-0.4, -0.2) is 0 Å². The predicted molar refractivity (Wildman–Crippen MR) is 173 cm³/mol. The van der Waals surface area contributed by atoms with E-state index in [9.17, 15) is 12.3 Å². The molecule has 190 valence electrons. The largest absolute Gasteiger partial charge is 0.456 e. The fourth-order valence-corrected chi connectivity index (χ4v) is 5.20. The van der Waals surface area contributed by atoms with Crippen LogP contribution >= 0.6 is 0 Å². The quantitative estimate of drug-likeness (QED) is 0.197. The van der Waals surface area contributed by atoms with Crippen LogP contribution in [0.3, 0.4) is 0 Å². The minimum absolute atomic E-state index is 0.416. The van der Waals surface area contributed by atoms with E-state index in [0.29, 0.717) is 0 Å². The third-order valence-electron chi connectivity index (χ3n) is 6.89. The minimum Gasteiger partial charge on any atom is -0.456 e. The van der Waals surface area contributed by atoms with Crippen molar-refractivity contribution in [2.75, 3.05) is 0 Å². The summed E-state index contributed by atoms with van der Waals surface area (Å²) in [6.45, 7) is 0. The minimum atomic E-state index is -0.949. The van der Waals surface area contributed by atoms with Crippen molar-refractivity contribution in [3.63, 3.8) is 0 Å². The van der Waals surface area contributed by atoms with Gasteiger partial charge < -0.3 is 4.74 Å². The van der Waals surface area contributed by atoms with E-state index in [0.717, 1.165) is 0 Å². The molecule has 0 radical (unpaired) electrons. The highest BCUT2D eigenvalue weighted by Gasteiger charge is 2.23. The Labute approximate surface area is 271 Å². The molecule has 0 amide bonds. The van der Waals surface area contributed by atoms with E-state index in [2.05, 4.69) is 0 Å². The summed E-state index contributed by atoms with van der Waals surface area (Å²) >= 11 is 0. The molecule has 1 heteroatoms. The van der Waals surface area contributed by atoms with Crippen molar-refractivity contribution in [1.29, 1.82) is 0 Å². The van der Waals surface area contributed by atoms with Crippen LogP contribution in [0.15, 0.2) is 145 Å². The molecule has 0 aliphatic carbocycles. The highest BCUT2D eigenvalue weighted by Crippen LogP contribution is 2.51. The summed E-state index contributed by atoms with van der Waals surface area (Å²) in [5.74, 6) is -1.16. The van der Waals surface area contributed by atoms with Gasteiger partial charge in [-0.25, -0.2) is 0 Å². The molecule has 1 aliphatic heterocycles. The number of hydrogen-bond donors (Lipinski definition) is 0. The smallest absolute Gasteiger partial charge is 0.135 e. The van der Waals surface area contributed by atoms with E-state index in [1.807, 2.05) is 0 Å². The lowest BCUT2D eigenvalue weighted by Crippen LogP contribution is -1.98. The van der Waals surface area contributed by atoms with Crippen molar-refractivity contribution in [1.82, 2.24) is 0 Å². The van der Waals surface area contributed by atoms with E-state index in [-0.39, 0.29) is 0 Å². The number of fused-ring (bicyclic) bond motifs is 5. The van der Waals surface area contributed by atoms with Crippen LogP contribution in [0, 0.1) is 0 Å². The van der Waals surface area contributed by atoms with Crippen LogP contribution < -0.4 is 4.74 Å². The summed E-state index contributed by atoms with van der Waals surface area (Å²) in [7, 11) is 0. The Morgan fingerprint density at radius 3 is 1.76 bits per heavy atom. The van der Waals surface area contributed by atoms with E-state index >= 15 is 0 Å². The van der Waals surface area contributed by atoms with Crippen molar-refractivity contribution >= 4 is 43.1 Å². The molecular weight excluding hydrogens is 496 g/mol. The van der Waals surface area contributed by atoms with Gasteiger partial charge >= 0.3 is 0 Å². The average Bonchev–Trinajstić information content (AvgIpc) is 3.28. The van der Waals surface area contributed by atoms with Crippen LogP contribution in [0.25, 0.3) is 76.5 Å². The maximum Gasteiger partial charge on any atom is 0.135 e. The molecule has 1 nitrogen and oxygen atoms in total. The SMILES string of the molecule is [2H]c1c([2H])c([2H])c2c(c1[2H])Oc1c([2H])c([2H])c([2H])c3c(-c4c5c([2H])c([2H])c([2H])c([2H])c5c(-c5c([2H])c([2H])c6c([2H])c([2H])c([2H])c([2H])c6c5[2H])c5c([2H])c([2H])c([2H])c([2H])c45)c([2H])c([2H])c-2c13. The predicted octanol–water partition coefficient (Wildman–Crippen LogP) is 11.4. The highest BCUT2D eigenvalue weighted by molar-refractivity contribution is 6.25. The molecule has 0 aromatic heterocycles. The molecule has 8 aromatic carbocycles. The molecule has 1 heterocycles. The van der Waals surface area contributed by atoms with Gasteiger partial charge in [-0.15, -0.1) is 0 Å². The van der Waals surface area contributed by atoms with Crippen LogP contribution in [0.4, 0.5) is 0 Å². The Bertz CT molecular complexity index is 3590. The first-order valence-corrected chi connectivity index (χ1v) is 12.2. The Morgan fingerprint density at radius 1 is 0.390 bits per heavy atom. The zero-order valence-electron chi connectivity index (χ0n) is 44.4. The van der Waals surface area contributed by atoms with Gasteiger partial charge in [0.2, 0.25) is 0 Å². The van der Waals surface area contributed by atoms with Crippen LogP contribution in [-0.2, 0) is 0 Å². The molecule has 41 heavy (non-hydrogen) atoms. The maximum absolute atomic E-state index is 9.66. The standard InChI is InChI=1S/C40H24O/c1-2-11-26-24-27(21-20-25(26)10-1)38-29-13-3-5-15-31(29)39(32-16-6-4-14-30(32)38)35-23-22-34-28-12-7-8-18-36(28)41-37-19-9-17-33(35)40(34)37/h1-24H/i1D,2D,3D,4D,5D,6D,7D,8D,9D,10D,11D,12D,13D,14D,15D,16D,17D,18D,19D,20D,21D,22D,23D,24D. The van der Waals surface area contributed by atoms with E-state index in [1.54, 1.807) is 0 Å². The van der Waals surface area contributed by atoms with Crippen LogP contribution in [0.5, 0.6) is 11.5 Å². The Morgan fingerprint density at radius 2 is 0.976 bits per heavy atom. The number of benzene rings is 8. The molecule has 0 fully saturated rings. The molecule has 0 atom stereocenters. The summed E-state index contributed by atoms with van der Waals surface area (Å²) in [4.78, 5) is 0. The molecule has 0 bridgehead atoms. The lowest BCUT2D eigenvalue weighted by molar-refractivity contribution is 0.487. The summed E-state index contributed by atoms with van der Waals surface area (Å²) in [6, 6.07) is -20.8. The highest BCUT2D eigenvalue weighted by atomic mass is 16.5. The molecule has 0 spiro atoms. The maximum atomic E-state index is 9.66. The van der Waals surface area contributed by atoms with Gasteiger partial charge in [-0.1, -0.05) is 127 Å². The van der Waals surface area contributed by atoms with Gasteiger partial charge in [-0.2, -0.15) is 0 Å². The van der Waals surface area contributed by atoms with E-state index in [4.69, 9.17) is 25.3 Å². The zero-order chi connectivity index (χ0) is 47.8. The van der Waals surface area contributed by atoms with Gasteiger partial charge in [-0.05, 0) is 83.6 Å². The molecule has 0 saturated carbocycles. The van der Waals surface area contributed by atoms with Crippen molar-refractivity contribution in [3.8, 4) is 44.9 Å². The second-order valence-corrected chi connectivity index (χ2v) is 9.01. The molecule has 0 saturated heterocycles. The fourth-order valence-electron chi connectivity index (χ4n) is 5.20. The molecular formula is C40H24O. The lowest BCUT2D eigenvalue weighted by Gasteiger charge is -2.24. The van der Waals surface area contributed by atoms with Crippen LogP contribution in [0.1, 0.15) is 32.9 Å². The van der Waals surface area contributed by atoms with E-state index < -0.39 is 233 Å². The normalized spacial score (nSPS) is 20.3. The summed E-state index contributed by atoms with van der Waals surface area (Å²) in [6.07, 6.45) is 0. The van der Waals surface area contributed by atoms with Gasteiger partial charge in [-0.3, -0.25) is 0 Å². The summed E-state index contributed by atoms with van der Waals surface area (Å²) in [5, 5.41) is -4.81. The third kappa shape index (κ3) is 3.24. The van der Waals surface area contributed by atoms with Gasteiger partial charge in [0.05, 0.1) is 32.9 Å². The first-order chi connectivity index (χ1) is 30.3. The number of hydrogen-bond acceptors (Lipinski definition) is 1. The Kier molecular flexibility index (Phi) is 1.94. The molecule has 1 aliphatic rings. The average molecular weight is 545 g/mol. The van der Waals surface area contributed by atoms with Crippen LogP contribution in [0.2, 0.25) is 0 Å². The third-order valence-corrected chi connectivity index (χ3v) is 6.89. The molecule has 0 unspecified atom stereocenters. The van der Waals surface area contributed by atoms with Crippen molar-refractivity contribution in [2.24, 2.45) is 0 Å². The zero-order valence-corrected chi connectivity index (χ0v) is 20.4.